The van der Waals surface area contributed by atoms with Crippen molar-refractivity contribution in [1.82, 2.24) is 4.90 Å². The Hall–Kier alpha value is -1.03. The second kappa shape index (κ2) is 9.77. The summed E-state index contributed by atoms with van der Waals surface area (Å²) in [6.07, 6.45) is 13.2. The van der Waals surface area contributed by atoms with Crippen LogP contribution in [0.2, 0.25) is 0 Å². The van der Waals surface area contributed by atoms with E-state index in [1.807, 2.05) is 12.1 Å². The summed E-state index contributed by atoms with van der Waals surface area (Å²) in [6, 6.07) is 6.90. The van der Waals surface area contributed by atoms with Crippen molar-refractivity contribution in [1.29, 1.82) is 0 Å². The normalized spacial score (nSPS) is 19.3. The number of hydrogen-bond acceptors (Lipinski definition) is 2. The summed E-state index contributed by atoms with van der Waals surface area (Å²) in [5.74, 6) is 1.03. The van der Waals surface area contributed by atoms with Crippen LogP contribution >= 0.6 is 15.9 Å². The minimum Gasteiger partial charge on any atom is -0.483 e. The number of rotatable bonds is 6. The summed E-state index contributed by atoms with van der Waals surface area (Å²) in [5, 5.41) is 0. The van der Waals surface area contributed by atoms with Crippen LogP contribution < -0.4 is 4.74 Å². The van der Waals surface area contributed by atoms with Gasteiger partial charge in [0.05, 0.1) is 0 Å². The van der Waals surface area contributed by atoms with E-state index in [9.17, 15) is 4.79 Å². The van der Waals surface area contributed by atoms with Gasteiger partial charge in [-0.15, -0.1) is 0 Å². The molecule has 0 unspecified atom stereocenters. The molecule has 1 aromatic carbocycles. The highest BCUT2D eigenvalue weighted by Crippen LogP contribution is 2.31. The van der Waals surface area contributed by atoms with Gasteiger partial charge in [-0.25, -0.2) is 0 Å². The van der Waals surface area contributed by atoms with Crippen LogP contribution in [0.4, 0.5) is 0 Å². The molecule has 1 aromatic rings. The molecule has 0 bridgehead atoms. The predicted molar refractivity (Wildman–Crippen MR) is 110 cm³/mol. The molecular weight excluding hydrogens is 390 g/mol. The zero-order valence-electron chi connectivity index (χ0n) is 16.0. The second-order valence-corrected chi connectivity index (χ2v) is 8.69. The van der Waals surface area contributed by atoms with E-state index in [0.29, 0.717) is 12.1 Å². The Bertz CT molecular complexity index is 574. The van der Waals surface area contributed by atoms with E-state index in [4.69, 9.17) is 4.74 Å². The molecule has 0 heterocycles. The lowest BCUT2D eigenvalue weighted by atomic mass is 9.88. The molecule has 0 radical (unpaired) electrons. The van der Waals surface area contributed by atoms with Gasteiger partial charge in [0.2, 0.25) is 0 Å². The number of hydrogen-bond donors (Lipinski definition) is 0. The molecule has 0 spiro atoms. The van der Waals surface area contributed by atoms with Gasteiger partial charge in [0.1, 0.15) is 5.75 Å². The van der Waals surface area contributed by atoms with Gasteiger partial charge >= 0.3 is 0 Å². The standard InChI is InChI=1S/C22H32BrNO2/c1-2-17-15-18(23)13-14-21(17)26-16-22(25)24(19-9-5-3-6-10-19)20-11-7-4-8-12-20/h13-15,19-20H,2-12,16H2,1H3. The molecule has 3 rings (SSSR count). The molecule has 0 atom stereocenters. The maximum Gasteiger partial charge on any atom is 0.261 e. The zero-order valence-corrected chi connectivity index (χ0v) is 17.6. The Morgan fingerprint density at radius 2 is 1.62 bits per heavy atom. The minimum absolute atomic E-state index is 0.168. The third-order valence-corrected chi connectivity index (χ3v) is 6.47. The molecule has 0 aliphatic heterocycles. The molecule has 4 heteroatoms. The third kappa shape index (κ3) is 5.03. The van der Waals surface area contributed by atoms with E-state index in [2.05, 4.69) is 33.8 Å². The van der Waals surface area contributed by atoms with E-state index in [1.54, 1.807) is 0 Å². The summed E-state index contributed by atoms with van der Waals surface area (Å²) in [6.45, 7) is 2.29. The lowest BCUT2D eigenvalue weighted by Crippen LogP contribution is -2.50. The average Bonchev–Trinajstić information content (AvgIpc) is 2.69. The topological polar surface area (TPSA) is 29.5 Å². The number of amides is 1. The summed E-state index contributed by atoms with van der Waals surface area (Å²) >= 11 is 3.51. The van der Waals surface area contributed by atoms with Crippen molar-refractivity contribution in [2.75, 3.05) is 6.61 Å². The van der Waals surface area contributed by atoms with Crippen LogP contribution in [-0.2, 0) is 11.2 Å². The first-order valence-corrected chi connectivity index (χ1v) is 11.2. The number of halogens is 1. The van der Waals surface area contributed by atoms with Crippen molar-refractivity contribution in [2.24, 2.45) is 0 Å². The molecular formula is C22H32BrNO2. The van der Waals surface area contributed by atoms with E-state index in [0.717, 1.165) is 22.2 Å². The Kier molecular flexibility index (Phi) is 7.42. The van der Waals surface area contributed by atoms with Crippen LogP contribution in [0.3, 0.4) is 0 Å². The Balaban J connectivity index is 1.68. The van der Waals surface area contributed by atoms with E-state index in [1.165, 1.54) is 64.2 Å². The Morgan fingerprint density at radius 1 is 1.04 bits per heavy atom. The molecule has 26 heavy (non-hydrogen) atoms. The SMILES string of the molecule is CCc1cc(Br)ccc1OCC(=O)N(C1CCCCC1)C1CCCCC1. The number of carbonyl (C=O) groups is 1. The lowest BCUT2D eigenvalue weighted by molar-refractivity contribution is -0.140. The summed E-state index contributed by atoms with van der Waals surface area (Å²) in [4.78, 5) is 15.4. The molecule has 0 aromatic heterocycles. The number of benzene rings is 1. The molecule has 2 aliphatic carbocycles. The minimum atomic E-state index is 0.168. The fourth-order valence-corrected chi connectivity index (χ4v) is 5.01. The van der Waals surface area contributed by atoms with Gasteiger partial charge in [0.25, 0.3) is 5.91 Å². The molecule has 144 valence electrons. The molecule has 3 nitrogen and oxygen atoms in total. The van der Waals surface area contributed by atoms with E-state index < -0.39 is 0 Å². The van der Waals surface area contributed by atoms with E-state index >= 15 is 0 Å². The Morgan fingerprint density at radius 3 is 2.15 bits per heavy atom. The average molecular weight is 422 g/mol. The molecule has 1 amide bonds. The van der Waals surface area contributed by atoms with Crippen LogP contribution in [0.1, 0.15) is 76.7 Å². The molecule has 0 saturated heterocycles. The number of nitrogens with zero attached hydrogens (tertiary/aromatic N) is 1. The fourth-order valence-electron chi connectivity index (χ4n) is 4.60. The van der Waals surface area contributed by atoms with Gasteiger partial charge < -0.3 is 9.64 Å². The number of carbonyl (C=O) groups excluding carboxylic acids is 1. The highest BCUT2D eigenvalue weighted by molar-refractivity contribution is 9.10. The zero-order chi connectivity index (χ0) is 18.4. The largest absolute Gasteiger partial charge is 0.483 e. The van der Waals surface area contributed by atoms with Crippen LogP contribution in [-0.4, -0.2) is 29.5 Å². The van der Waals surface area contributed by atoms with Crippen molar-refractivity contribution in [2.45, 2.75) is 89.6 Å². The molecule has 2 aliphatic rings. The predicted octanol–water partition coefficient (Wildman–Crippen LogP) is 5.88. The van der Waals surface area contributed by atoms with Crippen molar-refractivity contribution >= 4 is 21.8 Å². The van der Waals surface area contributed by atoms with Gasteiger partial charge in [-0.3, -0.25) is 4.79 Å². The van der Waals surface area contributed by atoms with E-state index in [-0.39, 0.29) is 12.5 Å². The smallest absolute Gasteiger partial charge is 0.261 e. The molecule has 2 saturated carbocycles. The quantitative estimate of drug-likeness (QED) is 0.573. The first-order valence-electron chi connectivity index (χ1n) is 10.4. The fraction of sp³-hybridized carbons (Fsp3) is 0.682. The van der Waals surface area contributed by atoms with Crippen LogP contribution in [0.15, 0.2) is 22.7 Å². The van der Waals surface area contributed by atoms with Crippen molar-refractivity contribution in [3.05, 3.63) is 28.2 Å². The lowest BCUT2D eigenvalue weighted by Gasteiger charge is -2.41. The monoisotopic (exact) mass is 421 g/mol. The summed E-state index contributed by atoms with van der Waals surface area (Å²) < 4.78 is 7.05. The van der Waals surface area contributed by atoms with Crippen LogP contribution in [0.25, 0.3) is 0 Å². The molecule has 2 fully saturated rings. The number of ether oxygens (including phenoxy) is 1. The first kappa shape index (κ1) is 19.7. The van der Waals surface area contributed by atoms with Crippen molar-refractivity contribution in [3.63, 3.8) is 0 Å². The summed E-state index contributed by atoms with van der Waals surface area (Å²) in [5.41, 5.74) is 1.15. The third-order valence-electron chi connectivity index (χ3n) is 5.98. The molecule has 0 N–H and O–H groups in total. The van der Waals surface area contributed by atoms with Crippen molar-refractivity contribution in [3.8, 4) is 5.75 Å². The Labute approximate surface area is 166 Å². The number of aryl methyl sites for hydroxylation is 1. The highest BCUT2D eigenvalue weighted by Gasteiger charge is 2.32. The first-order chi connectivity index (χ1) is 12.7. The van der Waals surface area contributed by atoms with Gasteiger partial charge in [-0.2, -0.15) is 0 Å². The summed E-state index contributed by atoms with van der Waals surface area (Å²) in [7, 11) is 0. The van der Waals surface area contributed by atoms with Crippen LogP contribution in [0.5, 0.6) is 5.75 Å². The van der Waals surface area contributed by atoms with Gasteiger partial charge in [0.15, 0.2) is 6.61 Å². The van der Waals surface area contributed by atoms with Crippen LogP contribution in [0, 0.1) is 0 Å². The maximum atomic E-state index is 13.2. The maximum absolute atomic E-state index is 13.2. The highest BCUT2D eigenvalue weighted by atomic mass is 79.9. The second-order valence-electron chi connectivity index (χ2n) is 7.78. The van der Waals surface area contributed by atoms with Crippen molar-refractivity contribution < 1.29 is 9.53 Å². The van der Waals surface area contributed by atoms with Gasteiger partial charge in [-0.05, 0) is 55.9 Å². The van der Waals surface area contributed by atoms with Gasteiger partial charge in [0, 0.05) is 16.6 Å². The van der Waals surface area contributed by atoms with Gasteiger partial charge in [-0.1, -0.05) is 61.4 Å².